The summed E-state index contributed by atoms with van der Waals surface area (Å²) in [5.74, 6) is 0.799. The summed E-state index contributed by atoms with van der Waals surface area (Å²) >= 11 is 0. The molecule has 0 radical (unpaired) electrons. The first-order valence-corrected chi connectivity index (χ1v) is 9.22. The van der Waals surface area contributed by atoms with Gasteiger partial charge in [0.15, 0.2) is 0 Å². The quantitative estimate of drug-likeness (QED) is 0.922. The maximum atomic E-state index is 12.7. The zero-order valence-corrected chi connectivity index (χ0v) is 14.5. The number of ether oxygens (including phenoxy) is 1. The summed E-state index contributed by atoms with van der Waals surface area (Å²) in [5.41, 5.74) is 0.934. The molecule has 3 aliphatic rings. The molecule has 1 amide bonds. The molecule has 1 aromatic rings. The van der Waals surface area contributed by atoms with Crippen molar-refractivity contribution in [2.24, 2.45) is 5.41 Å². The summed E-state index contributed by atoms with van der Waals surface area (Å²) in [6.07, 6.45) is 8.64. The maximum Gasteiger partial charge on any atom is 0.257 e. The van der Waals surface area contributed by atoms with Gasteiger partial charge in [0.25, 0.3) is 5.91 Å². The van der Waals surface area contributed by atoms with E-state index in [9.17, 15) is 4.79 Å². The Hall–Kier alpha value is -1.62. The monoisotopic (exact) mass is 329 g/mol. The second-order valence-corrected chi connectivity index (χ2v) is 8.07. The highest BCUT2D eigenvalue weighted by Gasteiger charge is 2.49. The van der Waals surface area contributed by atoms with Gasteiger partial charge in [-0.1, -0.05) is 6.92 Å². The minimum atomic E-state index is -0.0848. The third kappa shape index (κ3) is 2.90. The summed E-state index contributed by atoms with van der Waals surface area (Å²) < 4.78 is 6.20. The number of anilines is 1. The van der Waals surface area contributed by atoms with Gasteiger partial charge in [0, 0.05) is 25.8 Å². The van der Waals surface area contributed by atoms with E-state index in [-0.39, 0.29) is 11.5 Å². The molecular formula is C19H27N3O2. The number of nitrogens with zero attached hydrogens (tertiary/aromatic N) is 2. The van der Waals surface area contributed by atoms with Gasteiger partial charge in [0.05, 0.1) is 17.8 Å². The van der Waals surface area contributed by atoms with Crippen molar-refractivity contribution in [3.63, 3.8) is 0 Å². The van der Waals surface area contributed by atoms with Crippen LogP contribution in [0, 0.1) is 5.41 Å². The van der Waals surface area contributed by atoms with Crippen LogP contribution in [0.3, 0.4) is 0 Å². The van der Waals surface area contributed by atoms with Crippen molar-refractivity contribution in [2.45, 2.75) is 51.0 Å². The summed E-state index contributed by atoms with van der Waals surface area (Å²) in [5, 5.41) is 3.44. The molecule has 2 atom stereocenters. The number of rotatable bonds is 4. The van der Waals surface area contributed by atoms with Gasteiger partial charge in [-0.2, -0.15) is 0 Å². The van der Waals surface area contributed by atoms with Crippen molar-refractivity contribution >= 4 is 11.7 Å². The largest absolute Gasteiger partial charge is 0.373 e. The number of fused-ring (bicyclic) bond motifs is 2. The lowest BCUT2D eigenvalue weighted by atomic mass is 9.72. The fraction of sp³-hybridized carbons (Fsp3) is 0.684. The van der Waals surface area contributed by atoms with Crippen LogP contribution >= 0.6 is 0 Å². The second-order valence-electron chi connectivity index (χ2n) is 8.07. The molecule has 1 N–H and O–H groups in total. The van der Waals surface area contributed by atoms with Gasteiger partial charge in [-0.25, -0.2) is 4.98 Å². The van der Waals surface area contributed by atoms with Crippen LogP contribution < -0.4 is 5.32 Å². The molecule has 5 heteroatoms. The highest BCUT2D eigenvalue weighted by molar-refractivity contribution is 5.98. The summed E-state index contributed by atoms with van der Waals surface area (Å²) in [7, 11) is 0. The molecule has 3 fully saturated rings. The van der Waals surface area contributed by atoms with Crippen molar-refractivity contribution < 1.29 is 9.53 Å². The van der Waals surface area contributed by atoms with Gasteiger partial charge in [-0.05, 0) is 56.1 Å². The van der Waals surface area contributed by atoms with E-state index in [1.54, 1.807) is 6.20 Å². The average molecular weight is 329 g/mol. The second kappa shape index (κ2) is 6.03. The Kier molecular flexibility index (Phi) is 3.99. The predicted molar refractivity (Wildman–Crippen MR) is 93.1 cm³/mol. The van der Waals surface area contributed by atoms with Gasteiger partial charge in [0.1, 0.15) is 5.82 Å². The number of nitrogens with one attached hydrogen (secondary N) is 1. The Morgan fingerprint density at radius 2 is 2.17 bits per heavy atom. The van der Waals surface area contributed by atoms with E-state index < -0.39 is 0 Å². The van der Waals surface area contributed by atoms with Crippen LogP contribution in [-0.2, 0) is 4.74 Å². The van der Waals surface area contributed by atoms with Gasteiger partial charge in [-0.15, -0.1) is 0 Å². The lowest BCUT2D eigenvalue weighted by Gasteiger charge is -2.35. The molecule has 130 valence electrons. The molecule has 5 nitrogen and oxygen atoms in total. The normalized spacial score (nSPS) is 32.1. The lowest BCUT2D eigenvalue weighted by Crippen LogP contribution is -2.40. The highest BCUT2D eigenvalue weighted by atomic mass is 16.5. The number of carbonyl (C=O) groups excluding carboxylic acids is 1. The first kappa shape index (κ1) is 15.9. The number of likely N-dealkylation sites (tertiary alicyclic amines) is 1. The standard InChI is InChI=1S/C19H27N3O2/c1-18-7-5-8-19(12-18,24-14-18)13-21-16-15(6-4-9-20-16)17(23)22-10-2-3-11-22/h4,6,9H,2-3,5,7-8,10-14H2,1H3,(H,20,21). The molecule has 24 heavy (non-hydrogen) atoms. The average Bonchev–Trinajstić information content (AvgIpc) is 3.20. The van der Waals surface area contributed by atoms with Crippen LogP contribution in [0.1, 0.15) is 55.8 Å². The summed E-state index contributed by atoms with van der Waals surface area (Å²) in [6, 6.07) is 3.73. The molecule has 0 aromatic carbocycles. The molecule has 3 heterocycles. The number of hydrogen-bond acceptors (Lipinski definition) is 4. The highest BCUT2D eigenvalue weighted by Crippen LogP contribution is 2.49. The zero-order valence-electron chi connectivity index (χ0n) is 14.5. The topological polar surface area (TPSA) is 54.5 Å². The van der Waals surface area contributed by atoms with E-state index in [2.05, 4.69) is 17.2 Å². The van der Waals surface area contributed by atoms with Crippen molar-refractivity contribution in [1.29, 1.82) is 0 Å². The van der Waals surface area contributed by atoms with Crippen LogP contribution in [0.15, 0.2) is 18.3 Å². The molecule has 4 rings (SSSR count). The van der Waals surface area contributed by atoms with Crippen LogP contribution in [-0.4, -0.2) is 47.6 Å². The van der Waals surface area contributed by atoms with Gasteiger partial charge >= 0.3 is 0 Å². The summed E-state index contributed by atoms with van der Waals surface area (Å²) in [4.78, 5) is 19.1. The SMILES string of the molecule is CC12CCCC(CNc3ncccc3C(=O)N3CCCC3)(C1)OC2. The molecule has 1 aromatic heterocycles. The molecule has 2 unspecified atom stereocenters. The molecule has 2 aliphatic heterocycles. The van der Waals surface area contributed by atoms with Crippen molar-refractivity contribution in [3.05, 3.63) is 23.9 Å². The Balaban J connectivity index is 1.48. The first-order valence-electron chi connectivity index (χ1n) is 9.22. The molecular weight excluding hydrogens is 302 g/mol. The number of aromatic nitrogens is 1. The first-order chi connectivity index (χ1) is 11.6. The van der Waals surface area contributed by atoms with Crippen molar-refractivity contribution in [1.82, 2.24) is 9.88 Å². The summed E-state index contributed by atoms with van der Waals surface area (Å²) in [6.45, 7) is 5.64. The Morgan fingerprint density at radius 3 is 3.00 bits per heavy atom. The van der Waals surface area contributed by atoms with Crippen LogP contribution in [0.25, 0.3) is 0 Å². The fourth-order valence-corrected chi connectivity index (χ4v) is 4.62. The van der Waals surface area contributed by atoms with E-state index in [4.69, 9.17) is 4.74 Å². The fourth-order valence-electron chi connectivity index (χ4n) is 4.62. The van der Waals surface area contributed by atoms with Gasteiger partial charge < -0.3 is 15.0 Å². The van der Waals surface area contributed by atoms with Crippen molar-refractivity contribution in [2.75, 3.05) is 31.6 Å². The number of pyridine rings is 1. The van der Waals surface area contributed by atoms with E-state index in [0.717, 1.165) is 51.9 Å². The lowest BCUT2D eigenvalue weighted by molar-refractivity contribution is 0.00957. The molecule has 2 saturated heterocycles. The Labute approximate surface area is 143 Å². The zero-order chi connectivity index (χ0) is 16.6. The van der Waals surface area contributed by atoms with E-state index >= 15 is 0 Å². The van der Waals surface area contributed by atoms with Crippen LogP contribution in [0.5, 0.6) is 0 Å². The number of carbonyl (C=O) groups is 1. The van der Waals surface area contributed by atoms with Crippen LogP contribution in [0.4, 0.5) is 5.82 Å². The Bertz CT molecular complexity index is 629. The maximum absolute atomic E-state index is 12.7. The third-order valence-electron chi connectivity index (χ3n) is 5.90. The number of amides is 1. The molecule has 2 bridgehead atoms. The number of hydrogen-bond donors (Lipinski definition) is 1. The molecule has 0 spiro atoms. The third-order valence-corrected chi connectivity index (χ3v) is 5.90. The van der Waals surface area contributed by atoms with Gasteiger partial charge in [0.2, 0.25) is 0 Å². The minimum Gasteiger partial charge on any atom is -0.373 e. The predicted octanol–water partition coefficient (Wildman–Crippen LogP) is 3.08. The smallest absolute Gasteiger partial charge is 0.257 e. The van der Waals surface area contributed by atoms with Crippen molar-refractivity contribution in [3.8, 4) is 0 Å². The molecule has 1 saturated carbocycles. The van der Waals surface area contributed by atoms with E-state index in [1.807, 2.05) is 17.0 Å². The van der Waals surface area contributed by atoms with Crippen LogP contribution in [0.2, 0.25) is 0 Å². The van der Waals surface area contributed by atoms with E-state index in [1.165, 1.54) is 12.8 Å². The van der Waals surface area contributed by atoms with Gasteiger partial charge in [-0.3, -0.25) is 4.79 Å². The Morgan fingerprint density at radius 1 is 1.33 bits per heavy atom. The minimum absolute atomic E-state index is 0.0848. The van der Waals surface area contributed by atoms with E-state index in [0.29, 0.717) is 16.8 Å². The molecule has 1 aliphatic carbocycles.